The molecule has 82 valence electrons. The molecule has 0 aliphatic heterocycles. The van der Waals surface area contributed by atoms with E-state index in [2.05, 4.69) is 12.1 Å². The number of rotatable bonds is 4. The molecule has 2 aromatic rings. The molecule has 2 heteroatoms. The molecule has 0 saturated carbocycles. The minimum absolute atomic E-state index is 0.597. The number of nitrogen functional groups attached to an aromatic ring is 1. The van der Waals surface area contributed by atoms with E-state index in [9.17, 15) is 0 Å². The van der Waals surface area contributed by atoms with Gasteiger partial charge in [-0.3, -0.25) is 0 Å². The van der Waals surface area contributed by atoms with E-state index in [0.29, 0.717) is 13.2 Å². The third-order valence-electron chi connectivity index (χ3n) is 2.33. The van der Waals surface area contributed by atoms with Crippen LogP contribution in [0.4, 0.5) is 5.69 Å². The zero-order chi connectivity index (χ0) is 11.2. The van der Waals surface area contributed by atoms with E-state index < -0.39 is 0 Å². The molecule has 2 aromatic carbocycles. The van der Waals surface area contributed by atoms with Crippen LogP contribution in [0.1, 0.15) is 11.1 Å². The van der Waals surface area contributed by atoms with Gasteiger partial charge in [0.1, 0.15) is 0 Å². The van der Waals surface area contributed by atoms with Crippen LogP contribution in [0, 0.1) is 0 Å². The van der Waals surface area contributed by atoms with Crippen LogP contribution in [0.2, 0.25) is 0 Å². The summed E-state index contributed by atoms with van der Waals surface area (Å²) in [5.41, 5.74) is 8.76. The normalized spacial score (nSPS) is 10.2. The lowest BCUT2D eigenvalue weighted by Gasteiger charge is -2.05. The van der Waals surface area contributed by atoms with Gasteiger partial charge in [-0.1, -0.05) is 42.5 Å². The molecule has 0 unspecified atom stereocenters. The van der Waals surface area contributed by atoms with E-state index >= 15 is 0 Å². The van der Waals surface area contributed by atoms with Crippen molar-refractivity contribution in [2.75, 3.05) is 5.73 Å². The fourth-order valence-electron chi connectivity index (χ4n) is 1.54. The predicted octanol–water partition coefficient (Wildman–Crippen LogP) is 2.99. The lowest BCUT2D eigenvalue weighted by molar-refractivity contribution is 0.107. The molecule has 0 atom stereocenters. The van der Waals surface area contributed by atoms with Crippen LogP contribution in [0.15, 0.2) is 54.6 Å². The molecule has 0 bridgehead atoms. The van der Waals surface area contributed by atoms with Crippen LogP contribution in [0.3, 0.4) is 0 Å². The maximum Gasteiger partial charge on any atom is 0.0722 e. The fourth-order valence-corrected chi connectivity index (χ4v) is 1.54. The highest BCUT2D eigenvalue weighted by molar-refractivity contribution is 5.40. The average molecular weight is 213 g/mol. The number of anilines is 1. The lowest BCUT2D eigenvalue weighted by atomic mass is 10.2. The molecule has 2 rings (SSSR count). The molecule has 0 aliphatic rings. The molecule has 2 nitrogen and oxygen atoms in total. The summed E-state index contributed by atoms with van der Waals surface area (Å²) < 4.78 is 5.61. The monoisotopic (exact) mass is 213 g/mol. The summed E-state index contributed by atoms with van der Waals surface area (Å²) in [6.07, 6.45) is 0. The second-order valence-corrected chi connectivity index (χ2v) is 3.72. The van der Waals surface area contributed by atoms with Gasteiger partial charge in [-0.15, -0.1) is 0 Å². The summed E-state index contributed by atoms with van der Waals surface area (Å²) in [5.74, 6) is 0. The summed E-state index contributed by atoms with van der Waals surface area (Å²) in [6.45, 7) is 1.23. The van der Waals surface area contributed by atoms with Crippen LogP contribution in [-0.4, -0.2) is 0 Å². The van der Waals surface area contributed by atoms with Crippen LogP contribution < -0.4 is 5.73 Å². The van der Waals surface area contributed by atoms with Crippen molar-refractivity contribution in [1.82, 2.24) is 0 Å². The van der Waals surface area contributed by atoms with E-state index in [1.54, 1.807) is 0 Å². The second kappa shape index (κ2) is 5.33. The van der Waals surface area contributed by atoms with Gasteiger partial charge in [-0.05, 0) is 23.3 Å². The smallest absolute Gasteiger partial charge is 0.0722 e. The van der Waals surface area contributed by atoms with Gasteiger partial charge in [0, 0.05) is 5.69 Å². The number of hydrogen-bond acceptors (Lipinski definition) is 2. The van der Waals surface area contributed by atoms with E-state index in [0.717, 1.165) is 11.3 Å². The van der Waals surface area contributed by atoms with Crippen LogP contribution in [0.25, 0.3) is 0 Å². The van der Waals surface area contributed by atoms with Gasteiger partial charge >= 0.3 is 0 Å². The van der Waals surface area contributed by atoms with Crippen LogP contribution in [-0.2, 0) is 18.0 Å². The van der Waals surface area contributed by atoms with Crippen molar-refractivity contribution in [3.05, 3.63) is 65.7 Å². The van der Waals surface area contributed by atoms with Gasteiger partial charge in [-0.25, -0.2) is 0 Å². The number of benzene rings is 2. The molecule has 16 heavy (non-hydrogen) atoms. The highest BCUT2D eigenvalue weighted by atomic mass is 16.5. The Hall–Kier alpha value is -1.80. The van der Waals surface area contributed by atoms with Crippen LogP contribution >= 0.6 is 0 Å². The van der Waals surface area contributed by atoms with Crippen molar-refractivity contribution in [2.45, 2.75) is 13.2 Å². The number of nitrogens with two attached hydrogens (primary N) is 1. The molecule has 2 N–H and O–H groups in total. The largest absolute Gasteiger partial charge is 0.399 e. The summed E-state index contributed by atoms with van der Waals surface area (Å²) in [6, 6.07) is 17.9. The summed E-state index contributed by atoms with van der Waals surface area (Å²) in [7, 11) is 0. The Labute approximate surface area is 95.7 Å². The fraction of sp³-hybridized carbons (Fsp3) is 0.143. The van der Waals surface area contributed by atoms with Crippen molar-refractivity contribution >= 4 is 5.69 Å². The molecule has 0 heterocycles. The van der Waals surface area contributed by atoms with Gasteiger partial charge in [-0.2, -0.15) is 0 Å². The Morgan fingerprint density at radius 3 is 2.25 bits per heavy atom. The van der Waals surface area contributed by atoms with E-state index in [-0.39, 0.29) is 0 Å². The Balaban J connectivity index is 1.85. The highest BCUT2D eigenvalue weighted by Crippen LogP contribution is 2.09. The van der Waals surface area contributed by atoms with Gasteiger partial charge in [0.2, 0.25) is 0 Å². The van der Waals surface area contributed by atoms with Gasteiger partial charge in [0.05, 0.1) is 13.2 Å². The van der Waals surface area contributed by atoms with E-state index in [4.69, 9.17) is 10.5 Å². The Morgan fingerprint density at radius 1 is 0.812 bits per heavy atom. The zero-order valence-corrected chi connectivity index (χ0v) is 9.10. The summed E-state index contributed by atoms with van der Waals surface area (Å²) >= 11 is 0. The summed E-state index contributed by atoms with van der Waals surface area (Å²) in [5, 5.41) is 0. The average Bonchev–Trinajstić information content (AvgIpc) is 2.30. The first kappa shape index (κ1) is 10.7. The van der Waals surface area contributed by atoms with E-state index in [1.165, 1.54) is 5.56 Å². The topological polar surface area (TPSA) is 35.2 Å². The van der Waals surface area contributed by atoms with Crippen molar-refractivity contribution < 1.29 is 4.74 Å². The lowest BCUT2D eigenvalue weighted by Crippen LogP contribution is -1.95. The molecular weight excluding hydrogens is 198 g/mol. The van der Waals surface area contributed by atoms with Crippen molar-refractivity contribution in [3.8, 4) is 0 Å². The molecule has 0 spiro atoms. The first-order chi connectivity index (χ1) is 7.84. The molecular formula is C14H15NO. The molecule has 0 radical (unpaired) electrons. The van der Waals surface area contributed by atoms with Crippen molar-refractivity contribution in [3.63, 3.8) is 0 Å². The third kappa shape index (κ3) is 3.11. The van der Waals surface area contributed by atoms with Crippen LogP contribution in [0.5, 0.6) is 0 Å². The maximum atomic E-state index is 5.69. The zero-order valence-electron chi connectivity index (χ0n) is 9.10. The standard InChI is InChI=1S/C14H15NO/c15-14-8-4-7-13(9-14)11-16-10-12-5-2-1-3-6-12/h1-9H,10-11,15H2. The molecule has 0 aliphatic carbocycles. The number of ether oxygens (including phenoxy) is 1. The van der Waals surface area contributed by atoms with Crippen molar-refractivity contribution in [1.29, 1.82) is 0 Å². The minimum Gasteiger partial charge on any atom is -0.399 e. The molecule has 0 saturated heterocycles. The first-order valence-corrected chi connectivity index (χ1v) is 5.31. The third-order valence-corrected chi connectivity index (χ3v) is 2.33. The SMILES string of the molecule is Nc1cccc(COCc2ccccc2)c1. The van der Waals surface area contributed by atoms with E-state index in [1.807, 2.05) is 42.5 Å². The second-order valence-electron chi connectivity index (χ2n) is 3.72. The maximum absolute atomic E-state index is 5.69. The summed E-state index contributed by atoms with van der Waals surface area (Å²) in [4.78, 5) is 0. The predicted molar refractivity (Wildman–Crippen MR) is 65.8 cm³/mol. The molecule has 0 aromatic heterocycles. The molecule has 0 fully saturated rings. The Morgan fingerprint density at radius 2 is 1.50 bits per heavy atom. The highest BCUT2D eigenvalue weighted by Gasteiger charge is 1.95. The van der Waals surface area contributed by atoms with Gasteiger partial charge in [0.25, 0.3) is 0 Å². The quantitative estimate of drug-likeness (QED) is 0.792. The Bertz CT molecular complexity index is 439. The molecule has 0 amide bonds. The Kier molecular flexibility index (Phi) is 3.57. The van der Waals surface area contributed by atoms with Gasteiger partial charge < -0.3 is 10.5 Å². The minimum atomic E-state index is 0.597. The first-order valence-electron chi connectivity index (χ1n) is 5.31. The number of hydrogen-bond donors (Lipinski definition) is 1. The van der Waals surface area contributed by atoms with Gasteiger partial charge in [0.15, 0.2) is 0 Å². The van der Waals surface area contributed by atoms with Crippen molar-refractivity contribution in [2.24, 2.45) is 0 Å².